The van der Waals surface area contributed by atoms with Crippen LogP contribution in [0.4, 0.5) is 10.1 Å². The van der Waals surface area contributed by atoms with Crippen LogP contribution in [-0.4, -0.2) is 11.0 Å². The highest BCUT2D eigenvalue weighted by Gasteiger charge is 2.10. The van der Waals surface area contributed by atoms with E-state index in [9.17, 15) is 9.18 Å². The summed E-state index contributed by atoms with van der Waals surface area (Å²) in [5, 5.41) is 3.16. The van der Waals surface area contributed by atoms with E-state index in [1.165, 1.54) is 18.2 Å². The monoisotopic (exact) mass is 303 g/mol. The van der Waals surface area contributed by atoms with Crippen molar-refractivity contribution in [2.24, 2.45) is 0 Å². The fourth-order valence-corrected chi connectivity index (χ4v) is 1.85. The van der Waals surface area contributed by atoms with Gasteiger partial charge in [-0.15, -0.1) is 0 Å². The molecule has 21 heavy (non-hydrogen) atoms. The molecule has 2 aromatic rings. The number of nitrogens with one attached hydrogen (secondary N) is 3. The van der Waals surface area contributed by atoms with E-state index in [1.807, 2.05) is 31.2 Å². The number of aryl methyl sites for hydroxylation is 1. The van der Waals surface area contributed by atoms with Crippen LogP contribution in [-0.2, 0) is 0 Å². The highest BCUT2D eigenvalue weighted by Crippen LogP contribution is 2.12. The topological polar surface area (TPSA) is 53.2 Å². The van der Waals surface area contributed by atoms with Crippen molar-refractivity contribution in [3.8, 4) is 0 Å². The van der Waals surface area contributed by atoms with Gasteiger partial charge in [-0.3, -0.25) is 15.6 Å². The number of carbonyl (C=O) groups is 1. The van der Waals surface area contributed by atoms with Crippen LogP contribution < -0.4 is 16.2 Å². The van der Waals surface area contributed by atoms with Crippen LogP contribution in [0.1, 0.15) is 15.9 Å². The first-order valence-electron chi connectivity index (χ1n) is 6.25. The fourth-order valence-electron chi connectivity index (χ4n) is 1.69. The largest absolute Gasteiger partial charge is 0.331 e. The maximum absolute atomic E-state index is 13.4. The highest BCUT2D eigenvalue weighted by molar-refractivity contribution is 7.80. The molecule has 6 heteroatoms. The van der Waals surface area contributed by atoms with Gasteiger partial charge in [-0.05, 0) is 42.9 Å². The molecule has 0 aliphatic rings. The lowest BCUT2D eigenvalue weighted by Gasteiger charge is -2.13. The molecule has 1 amide bonds. The first-order valence-corrected chi connectivity index (χ1v) is 6.66. The Bertz CT molecular complexity index is 675. The van der Waals surface area contributed by atoms with Crippen LogP contribution in [0.25, 0.3) is 0 Å². The molecule has 0 atom stereocenters. The molecule has 0 aliphatic carbocycles. The molecule has 0 fully saturated rings. The summed E-state index contributed by atoms with van der Waals surface area (Å²) < 4.78 is 13.4. The van der Waals surface area contributed by atoms with Crippen LogP contribution in [0.15, 0.2) is 48.5 Å². The summed E-state index contributed by atoms with van der Waals surface area (Å²) in [6.45, 7) is 1.93. The van der Waals surface area contributed by atoms with Gasteiger partial charge in [0, 0.05) is 5.69 Å². The van der Waals surface area contributed by atoms with Gasteiger partial charge in [0.15, 0.2) is 5.11 Å². The Morgan fingerprint density at radius 1 is 1.05 bits per heavy atom. The number of hydrogen-bond donors (Lipinski definition) is 3. The molecule has 2 rings (SSSR count). The van der Waals surface area contributed by atoms with E-state index in [2.05, 4.69) is 16.2 Å². The third-order valence-corrected chi connectivity index (χ3v) is 3.01. The third kappa shape index (κ3) is 4.00. The summed E-state index contributed by atoms with van der Waals surface area (Å²) in [6.07, 6.45) is 0. The van der Waals surface area contributed by atoms with Crippen molar-refractivity contribution < 1.29 is 9.18 Å². The lowest BCUT2D eigenvalue weighted by atomic mass is 10.2. The molecule has 0 aliphatic heterocycles. The van der Waals surface area contributed by atoms with Gasteiger partial charge in [0.05, 0.1) is 5.56 Å². The van der Waals surface area contributed by atoms with Crippen molar-refractivity contribution in [1.82, 2.24) is 10.9 Å². The van der Waals surface area contributed by atoms with Crippen molar-refractivity contribution in [3.05, 3.63) is 65.5 Å². The van der Waals surface area contributed by atoms with Gasteiger partial charge in [-0.1, -0.05) is 30.3 Å². The van der Waals surface area contributed by atoms with E-state index < -0.39 is 11.7 Å². The van der Waals surface area contributed by atoms with Crippen LogP contribution in [0.3, 0.4) is 0 Å². The van der Waals surface area contributed by atoms with Crippen molar-refractivity contribution in [1.29, 1.82) is 0 Å². The number of thiocarbonyl (C=S) groups is 1. The molecule has 0 spiro atoms. The Kier molecular flexibility index (Phi) is 4.84. The number of benzene rings is 2. The molecular formula is C15H14FN3OS. The lowest BCUT2D eigenvalue weighted by molar-refractivity contribution is 0.0940. The first kappa shape index (κ1) is 14.9. The Morgan fingerprint density at radius 2 is 1.71 bits per heavy atom. The minimum atomic E-state index is -0.595. The highest BCUT2D eigenvalue weighted by atomic mass is 32.1. The molecule has 0 bridgehead atoms. The van der Waals surface area contributed by atoms with Crippen molar-refractivity contribution >= 4 is 28.9 Å². The zero-order valence-corrected chi connectivity index (χ0v) is 12.1. The molecule has 0 heterocycles. The Morgan fingerprint density at radius 3 is 2.43 bits per heavy atom. The van der Waals surface area contributed by atoms with Gasteiger partial charge in [0.2, 0.25) is 0 Å². The molecule has 108 valence electrons. The average molecular weight is 303 g/mol. The zero-order chi connectivity index (χ0) is 15.2. The van der Waals surface area contributed by atoms with E-state index in [4.69, 9.17) is 12.2 Å². The second-order valence-corrected chi connectivity index (χ2v) is 4.74. The van der Waals surface area contributed by atoms with Crippen LogP contribution >= 0.6 is 12.2 Å². The number of hydrazine groups is 1. The molecule has 3 N–H and O–H groups in total. The maximum Gasteiger partial charge on any atom is 0.272 e. The van der Waals surface area contributed by atoms with Crippen LogP contribution in [0.5, 0.6) is 0 Å². The van der Waals surface area contributed by atoms with E-state index in [-0.39, 0.29) is 10.7 Å². The van der Waals surface area contributed by atoms with Crippen molar-refractivity contribution in [3.63, 3.8) is 0 Å². The number of halogens is 1. The summed E-state index contributed by atoms with van der Waals surface area (Å²) in [4.78, 5) is 11.8. The number of para-hydroxylation sites is 1. The normalized spacial score (nSPS) is 9.81. The molecule has 0 radical (unpaired) electrons. The first-order chi connectivity index (χ1) is 10.1. The lowest BCUT2D eigenvalue weighted by Crippen LogP contribution is -2.44. The van der Waals surface area contributed by atoms with Gasteiger partial charge in [0.25, 0.3) is 5.91 Å². The van der Waals surface area contributed by atoms with E-state index in [0.29, 0.717) is 0 Å². The molecule has 0 saturated carbocycles. The number of anilines is 1. The van der Waals surface area contributed by atoms with E-state index >= 15 is 0 Å². The number of carbonyl (C=O) groups excluding carboxylic acids is 1. The molecular weight excluding hydrogens is 289 g/mol. The predicted octanol–water partition coefficient (Wildman–Crippen LogP) is 2.77. The summed E-state index contributed by atoms with van der Waals surface area (Å²) in [7, 11) is 0. The summed E-state index contributed by atoms with van der Waals surface area (Å²) in [6, 6.07) is 13.3. The summed E-state index contributed by atoms with van der Waals surface area (Å²) in [5.41, 5.74) is 6.68. The van der Waals surface area contributed by atoms with Gasteiger partial charge in [-0.2, -0.15) is 0 Å². The maximum atomic E-state index is 13.4. The van der Waals surface area contributed by atoms with Crippen LogP contribution in [0, 0.1) is 12.7 Å². The number of amides is 1. The van der Waals surface area contributed by atoms with Gasteiger partial charge in [-0.25, -0.2) is 4.39 Å². The molecule has 0 unspecified atom stereocenters. The Hall–Kier alpha value is -2.47. The summed E-state index contributed by atoms with van der Waals surface area (Å²) >= 11 is 5.07. The van der Waals surface area contributed by atoms with E-state index in [1.54, 1.807) is 6.07 Å². The van der Waals surface area contributed by atoms with Crippen LogP contribution in [0.2, 0.25) is 0 Å². The summed E-state index contributed by atoms with van der Waals surface area (Å²) in [5.74, 6) is -1.18. The fraction of sp³-hybridized carbons (Fsp3) is 0.0667. The van der Waals surface area contributed by atoms with Crippen molar-refractivity contribution in [2.45, 2.75) is 6.92 Å². The van der Waals surface area contributed by atoms with E-state index in [0.717, 1.165) is 11.3 Å². The second-order valence-electron chi connectivity index (χ2n) is 4.33. The molecule has 4 nitrogen and oxygen atoms in total. The smallest absolute Gasteiger partial charge is 0.272 e. The quantitative estimate of drug-likeness (QED) is 0.590. The SMILES string of the molecule is Cc1ccccc1NC(=S)NNC(=O)c1ccccc1F. The zero-order valence-electron chi connectivity index (χ0n) is 11.3. The number of hydrogen-bond acceptors (Lipinski definition) is 2. The molecule has 0 aromatic heterocycles. The number of rotatable bonds is 2. The van der Waals surface area contributed by atoms with Gasteiger partial charge < -0.3 is 5.32 Å². The van der Waals surface area contributed by atoms with Crippen molar-refractivity contribution in [2.75, 3.05) is 5.32 Å². The average Bonchev–Trinajstić information content (AvgIpc) is 2.48. The predicted molar refractivity (Wildman–Crippen MR) is 84.4 cm³/mol. The molecule has 2 aromatic carbocycles. The molecule has 0 saturated heterocycles. The van der Waals surface area contributed by atoms with Gasteiger partial charge >= 0.3 is 0 Å². The Balaban J connectivity index is 1.91. The second kappa shape index (κ2) is 6.81. The standard InChI is InChI=1S/C15H14FN3OS/c1-10-6-2-5-9-13(10)17-15(21)19-18-14(20)11-7-3-4-8-12(11)16/h2-9H,1H3,(H,18,20)(H2,17,19,21). The Labute approximate surface area is 127 Å². The minimum absolute atomic E-state index is 0.0521. The third-order valence-electron chi connectivity index (χ3n) is 2.80. The minimum Gasteiger partial charge on any atom is -0.331 e. The van der Waals surface area contributed by atoms with Gasteiger partial charge in [0.1, 0.15) is 5.82 Å².